The zero-order valence-electron chi connectivity index (χ0n) is 9.10. The molecule has 16 heavy (non-hydrogen) atoms. The topological polar surface area (TPSA) is 82.7 Å². The Hall–Kier alpha value is -2.34. The predicted octanol–water partition coefficient (Wildman–Crippen LogP) is -0.0222. The Kier molecular flexibility index (Phi) is 3.62. The van der Waals surface area contributed by atoms with Crippen molar-refractivity contribution in [3.63, 3.8) is 0 Å². The third-order valence-corrected chi connectivity index (χ3v) is 2.35. The van der Waals surface area contributed by atoms with Crippen LogP contribution in [0, 0.1) is 29.6 Å². The molecular weight excluding hydrogens is 208 g/mol. The summed E-state index contributed by atoms with van der Waals surface area (Å²) in [6, 6.07) is 3.92. The SMILES string of the molecule is CC[n+]1c(C#N)c(C#N)n(COC=O)c1C. The first-order valence-corrected chi connectivity index (χ1v) is 4.69. The highest BCUT2D eigenvalue weighted by atomic mass is 16.5. The molecule has 0 aromatic carbocycles. The number of rotatable bonds is 4. The number of ether oxygens (including phenoxy) is 1. The lowest BCUT2D eigenvalue weighted by Gasteiger charge is -1.97. The molecule has 0 saturated carbocycles. The normalized spacial score (nSPS) is 9.25. The van der Waals surface area contributed by atoms with Crippen molar-refractivity contribution < 1.29 is 14.1 Å². The number of imidazole rings is 1. The van der Waals surface area contributed by atoms with E-state index in [1.54, 1.807) is 11.5 Å². The van der Waals surface area contributed by atoms with Crippen LogP contribution in [0.15, 0.2) is 0 Å². The van der Waals surface area contributed by atoms with Crippen molar-refractivity contribution in [3.8, 4) is 12.1 Å². The summed E-state index contributed by atoms with van der Waals surface area (Å²) < 4.78 is 7.81. The van der Waals surface area contributed by atoms with Crippen molar-refractivity contribution in [2.75, 3.05) is 0 Å². The van der Waals surface area contributed by atoms with E-state index in [-0.39, 0.29) is 18.1 Å². The predicted molar refractivity (Wildman–Crippen MR) is 51.6 cm³/mol. The van der Waals surface area contributed by atoms with Gasteiger partial charge in [0.05, 0.1) is 6.54 Å². The number of nitrogens with zero attached hydrogens (tertiary/aromatic N) is 4. The van der Waals surface area contributed by atoms with E-state index < -0.39 is 0 Å². The molecule has 6 heteroatoms. The van der Waals surface area contributed by atoms with Crippen LogP contribution in [-0.2, 0) is 22.8 Å². The smallest absolute Gasteiger partial charge is 0.296 e. The van der Waals surface area contributed by atoms with E-state index in [1.165, 1.54) is 4.57 Å². The molecule has 0 saturated heterocycles. The average Bonchev–Trinajstić information content (AvgIpc) is 2.57. The Morgan fingerprint density at radius 1 is 1.50 bits per heavy atom. The van der Waals surface area contributed by atoms with Crippen molar-refractivity contribution in [1.29, 1.82) is 10.5 Å². The molecule has 0 atom stereocenters. The van der Waals surface area contributed by atoms with Crippen molar-refractivity contribution >= 4 is 6.47 Å². The second kappa shape index (κ2) is 4.94. The van der Waals surface area contributed by atoms with Crippen molar-refractivity contribution in [1.82, 2.24) is 4.57 Å². The van der Waals surface area contributed by atoms with E-state index >= 15 is 0 Å². The lowest BCUT2D eigenvalue weighted by atomic mass is 10.3. The molecule has 0 aliphatic heterocycles. The first-order valence-electron chi connectivity index (χ1n) is 4.69. The second-order valence-electron chi connectivity index (χ2n) is 3.03. The zero-order valence-corrected chi connectivity index (χ0v) is 9.10. The largest absolute Gasteiger partial charge is 0.427 e. The summed E-state index contributed by atoms with van der Waals surface area (Å²) in [6.45, 7) is 4.47. The Balaban J connectivity index is 3.38. The molecular formula is C10H11N4O2+. The van der Waals surface area contributed by atoms with Crippen LogP contribution < -0.4 is 4.57 Å². The number of carbonyl (C=O) groups excluding carboxylic acids is 1. The van der Waals surface area contributed by atoms with Gasteiger partial charge >= 0.3 is 0 Å². The van der Waals surface area contributed by atoms with Crippen LogP contribution in [0.2, 0.25) is 0 Å². The molecule has 0 bridgehead atoms. The minimum Gasteiger partial charge on any atom is -0.427 e. The molecule has 1 rings (SSSR count). The third-order valence-electron chi connectivity index (χ3n) is 2.35. The average molecular weight is 219 g/mol. The van der Waals surface area contributed by atoms with E-state index in [2.05, 4.69) is 4.74 Å². The Bertz CT molecular complexity index is 490. The van der Waals surface area contributed by atoms with Gasteiger partial charge in [0.1, 0.15) is 12.1 Å². The summed E-state index contributed by atoms with van der Waals surface area (Å²) >= 11 is 0. The van der Waals surface area contributed by atoms with Crippen molar-refractivity contribution in [3.05, 3.63) is 17.2 Å². The molecule has 1 heterocycles. The van der Waals surface area contributed by atoms with Crippen LogP contribution in [0.1, 0.15) is 24.1 Å². The quantitative estimate of drug-likeness (QED) is 0.526. The van der Waals surface area contributed by atoms with E-state index in [9.17, 15) is 4.79 Å². The van der Waals surface area contributed by atoms with Gasteiger partial charge < -0.3 is 4.74 Å². The van der Waals surface area contributed by atoms with Crippen LogP contribution in [0.25, 0.3) is 0 Å². The summed E-state index contributed by atoms with van der Waals surface area (Å²) in [6.07, 6.45) is 0. The molecule has 0 aliphatic rings. The highest BCUT2D eigenvalue weighted by Gasteiger charge is 2.27. The minimum atomic E-state index is -0.0556. The Morgan fingerprint density at radius 2 is 2.19 bits per heavy atom. The fourth-order valence-corrected chi connectivity index (χ4v) is 1.60. The molecule has 82 valence electrons. The maximum atomic E-state index is 10.1. The van der Waals surface area contributed by atoms with Gasteiger partial charge in [-0.1, -0.05) is 0 Å². The molecule has 0 spiro atoms. The van der Waals surface area contributed by atoms with Gasteiger partial charge in [-0.05, 0) is 6.92 Å². The summed E-state index contributed by atoms with van der Waals surface area (Å²) in [7, 11) is 0. The summed E-state index contributed by atoms with van der Waals surface area (Å²) in [5.74, 6) is 0.706. The van der Waals surface area contributed by atoms with Crippen LogP contribution in [0.3, 0.4) is 0 Å². The van der Waals surface area contributed by atoms with Gasteiger partial charge in [0, 0.05) is 6.92 Å². The van der Waals surface area contributed by atoms with E-state index in [4.69, 9.17) is 10.5 Å². The summed E-state index contributed by atoms with van der Waals surface area (Å²) in [5.41, 5.74) is 0.501. The molecule has 0 unspecified atom stereocenters. The van der Waals surface area contributed by atoms with Crippen LogP contribution in [0.4, 0.5) is 0 Å². The first-order chi connectivity index (χ1) is 7.71. The number of aromatic nitrogens is 2. The zero-order chi connectivity index (χ0) is 12.1. The fraction of sp³-hybridized carbons (Fsp3) is 0.400. The Morgan fingerprint density at radius 3 is 2.62 bits per heavy atom. The van der Waals surface area contributed by atoms with Crippen molar-refractivity contribution in [2.24, 2.45) is 0 Å². The minimum absolute atomic E-state index is 0.0556. The molecule has 0 amide bonds. The molecule has 1 aromatic heterocycles. The third kappa shape index (κ3) is 1.73. The van der Waals surface area contributed by atoms with E-state index in [0.717, 1.165) is 0 Å². The maximum Gasteiger partial charge on any atom is 0.296 e. The highest BCUT2D eigenvalue weighted by Crippen LogP contribution is 2.08. The fourth-order valence-electron chi connectivity index (χ4n) is 1.60. The van der Waals surface area contributed by atoms with Gasteiger partial charge in [-0.15, -0.1) is 0 Å². The van der Waals surface area contributed by atoms with Crippen LogP contribution in [-0.4, -0.2) is 11.0 Å². The van der Waals surface area contributed by atoms with Gasteiger partial charge in [0.15, 0.2) is 0 Å². The summed E-state index contributed by atoms with van der Waals surface area (Å²) in [4.78, 5) is 10.1. The van der Waals surface area contributed by atoms with Gasteiger partial charge in [-0.25, -0.2) is 4.57 Å². The lowest BCUT2D eigenvalue weighted by molar-refractivity contribution is -0.701. The number of nitriles is 2. The molecule has 6 nitrogen and oxygen atoms in total. The maximum absolute atomic E-state index is 10.1. The molecule has 0 aliphatic carbocycles. The monoisotopic (exact) mass is 219 g/mol. The number of hydrogen-bond acceptors (Lipinski definition) is 4. The Labute approximate surface area is 92.9 Å². The molecule has 0 fully saturated rings. The number of hydrogen-bond donors (Lipinski definition) is 0. The van der Waals surface area contributed by atoms with Gasteiger partial charge in [-0.2, -0.15) is 15.1 Å². The summed E-state index contributed by atoms with van der Waals surface area (Å²) in [5, 5.41) is 18.0. The molecule has 0 N–H and O–H groups in total. The van der Waals surface area contributed by atoms with E-state index in [0.29, 0.717) is 18.8 Å². The number of carbonyl (C=O) groups is 1. The van der Waals surface area contributed by atoms with Gasteiger partial charge in [-0.3, -0.25) is 4.79 Å². The van der Waals surface area contributed by atoms with Crippen LogP contribution >= 0.6 is 0 Å². The van der Waals surface area contributed by atoms with E-state index in [1.807, 2.05) is 19.1 Å². The standard InChI is InChI=1S/C10H11N4O2/c1-3-13-8(2)14(6-16-7-15)10(5-12)9(13)4-11/h7H,3,6H2,1-2H3/q+1. The molecule has 1 aromatic rings. The van der Waals surface area contributed by atoms with Gasteiger partial charge in [0.2, 0.25) is 6.73 Å². The van der Waals surface area contributed by atoms with Crippen LogP contribution in [0.5, 0.6) is 0 Å². The lowest BCUT2D eigenvalue weighted by Crippen LogP contribution is -2.37. The second-order valence-corrected chi connectivity index (χ2v) is 3.03. The molecule has 0 radical (unpaired) electrons. The highest BCUT2D eigenvalue weighted by molar-refractivity contribution is 5.37. The van der Waals surface area contributed by atoms with Crippen molar-refractivity contribution in [2.45, 2.75) is 27.1 Å². The first kappa shape index (κ1) is 11.7. The van der Waals surface area contributed by atoms with Gasteiger partial charge in [0.25, 0.3) is 23.7 Å².